The van der Waals surface area contributed by atoms with E-state index in [1.54, 1.807) is 12.3 Å². The summed E-state index contributed by atoms with van der Waals surface area (Å²) >= 11 is 5.93. The van der Waals surface area contributed by atoms with Crippen LogP contribution in [0.1, 0.15) is 31.0 Å². The SMILES string of the molecule is O=S(=O)(c1cc(CCl)n(C2CC2)c1)N1CCCOCC1. The molecule has 2 heterocycles. The zero-order valence-electron chi connectivity index (χ0n) is 11.3. The van der Waals surface area contributed by atoms with Crippen LogP contribution in [0.15, 0.2) is 17.2 Å². The van der Waals surface area contributed by atoms with Gasteiger partial charge < -0.3 is 9.30 Å². The van der Waals surface area contributed by atoms with Crippen molar-refractivity contribution in [3.05, 3.63) is 18.0 Å². The lowest BCUT2D eigenvalue weighted by atomic mass is 10.5. The van der Waals surface area contributed by atoms with Crippen LogP contribution >= 0.6 is 11.6 Å². The van der Waals surface area contributed by atoms with Crippen LogP contribution in [0.2, 0.25) is 0 Å². The lowest BCUT2D eigenvalue weighted by molar-refractivity contribution is 0.148. The number of halogens is 1. The Morgan fingerprint density at radius 1 is 1.30 bits per heavy atom. The van der Waals surface area contributed by atoms with Crippen LogP contribution in [-0.4, -0.2) is 43.6 Å². The molecule has 2 fully saturated rings. The summed E-state index contributed by atoms with van der Waals surface area (Å²) < 4.78 is 34.2. The molecule has 0 radical (unpaired) electrons. The van der Waals surface area contributed by atoms with Gasteiger partial charge in [0.1, 0.15) is 4.90 Å². The molecule has 3 rings (SSSR count). The fourth-order valence-corrected chi connectivity index (χ4v) is 4.28. The normalized spacial score (nSPS) is 21.9. The third-order valence-corrected chi connectivity index (χ3v) is 5.94. The summed E-state index contributed by atoms with van der Waals surface area (Å²) in [7, 11) is -3.43. The van der Waals surface area contributed by atoms with Gasteiger partial charge >= 0.3 is 0 Å². The Labute approximate surface area is 124 Å². The van der Waals surface area contributed by atoms with Crippen molar-refractivity contribution >= 4 is 21.6 Å². The van der Waals surface area contributed by atoms with E-state index in [-0.39, 0.29) is 0 Å². The maximum absolute atomic E-state index is 12.7. The first kappa shape index (κ1) is 14.4. The van der Waals surface area contributed by atoms with E-state index < -0.39 is 10.0 Å². The average Bonchev–Trinajstić information content (AvgIpc) is 3.22. The van der Waals surface area contributed by atoms with Crippen molar-refractivity contribution in [2.75, 3.05) is 26.3 Å². The summed E-state index contributed by atoms with van der Waals surface area (Å²) in [6.07, 6.45) is 4.70. The zero-order valence-corrected chi connectivity index (χ0v) is 12.9. The molecule has 1 saturated carbocycles. The highest BCUT2D eigenvalue weighted by Gasteiger charge is 2.31. The van der Waals surface area contributed by atoms with Crippen molar-refractivity contribution in [1.29, 1.82) is 0 Å². The van der Waals surface area contributed by atoms with Gasteiger partial charge in [0.05, 0.1) is 12.5 Å². The molecular formula is C13H19ClN2O3S. The molecule has 0 atom stereocenters. The topological polar surface area (TPSA) is 51.5 Å². The van der Waals surface area contributed by atoms with E-state index in [1.165, 1.54) is 4.31 Å². The number of rotatable bonds is 4. The average molecular weight is 319 g/mol. The van der Waals surface area contributed by atoms with E-state index >= 15 is 0 Å². The number of hydrogen-bond donors (Lipinski definition) is 0. The zero-order chi connectivity index (χ0) is 14.2. The quantitative estimate of drug-likeness (QED) is 0.798. The van der Waals surface area contributed by atoms with Crippen LogP contribution in [-0.2, 0) is 20.6 Å². The molecule has 2 aliphatic rings. The van der Waals surface area contributed by atoms with Crippen molar-refractivity contribution in [2.45, 2.75) is 36.1 Å². The van der Waals surface area contributed by atoms with Gasteiger partial charge in [0.25, 0.3) is 0 Å². The number of aromatic nitrogens is 1. The van der Waals surface area contributed by atoms with Crippen LogP contribution in [0.5, 0.6) is 0 Å². The van der Waals surface area contributed by atoms with Crippen molar-refractivity contribution in [3.8, 4) is 0 Å². The molecule has 0 spiro atoms. The monoisotopic (exact) mass is 318 g/mol. The van der Waals surface area contributed by atoms with E-state index in [0.29, 0.717) is 43.1 Å². The van der Waals surface area contributed by atoms with Crippen LogP contribution in [0.25, 0.3) is 0 Å². The fraction of sp³-hybridized carbons (Fsp3) is 0.692. The fourth-order valence-electron chi connectivity index (χ4n) is 2.55. The summed E-state index contributed by atoms with van der Waals surface area (Å²) in [5.74, 6) is 0.342. The first-order valence-electron chi connectivity index (χ1n) is 6.97. The number of hydrogen-bond acceptors (Lipinski definition) is 3. The first-order valence-corrected chi connectivity index (χ1v) is 8.95. The van der Waals surface area contributed by atoms with Gasteiger partial charge in [-0.3, -0.25) is 0 Å². The highest BCUT2D eigenvalue weighted by atomic mass is 35.5. The minimum absolute atomic E-state index is 0.342. The maximum atomic E-state index is 12.7. The van der Waals surface area contributed by atoms with Gasteiger partial charge in [-0.1, -0.05) is 0 Å². The molecule has 0 bridgehead atoms. The maximum Gasteiger partial charge on any atom is 0.244 e. The molecule has 1 aliphatic carbocycles. The lowest BCUT2D eigenvalue weighted by Crippen LogP contribution is -2.33. The minimum atomic E-state index is -3.43. The van der Waals surface area contributed by atoms with Gasteiger partial charge in [0.2, 0.25) is 10.0 Å². The number of alkyl halides is 1. The number of ether oxygens (including phenoxy) is 1. The van der Waals surface area contributed by atoms with Gasteiger partial charge in [-0.25, -0.2) is 8.42 Å². The summed E-state index contributed by atoms with van der Waals surface area (Å²) in [6, 6.07) is 2.15. The molecule has 0 amide bonds. The summed E-state index contributed by atoms with van der Waals surface area (Å²) in [4.78, 5) is 0.363. The highest BCUT2D eigenvalue weighted by molar-refractivity contribution is 7.89. The van der Waals surface area contributed by atoms with E-state index in [0.717, 1.165) is 25.0 Å². The molecule has 1 aliphatic heterocycles. The number of nitrogens with zero attached hydrogens (tertiary/aromatic N) is 2. The summed E-state index contributed by atoms with van der Waals surface area (Å²) in [5, 5.41) is 0. The van der Waals surface area contributed by atoms with Crippen molar-refractivity contribution < 1.29 is 13.2 Å². The van der Waals surface area contributed by atoms with Gasteiger partial charge in [0, 0.05) is 37.6 Å². The standard InChI is InChI=1S/C13H19ClN2O3S/c14-9-12-8-13(10-16(12)11-2-3-11)20(17,18)15-4-1-6-19-7-5-15/h8,10-11H,1-7,9H2. The molecule has 112 valence electrons. The molecule has 7 heteroatoms. The second-order valence-corrected chi connectivity index (χ2v) is 7.51. The number of sulfonamides is 1. The Hall–Kier alpha value is -0.560. The molecule has 1 aromatic heterocycles. The molecule has 5 nitrogen and oxygen atoms in total. The van der Waals surface area contributed by atoms with E-state index in [4.69, 9.17) is 16.3 Å². The largest absolute Gasteiger partial charge is 0.380 e. The Morgan fingerprint density at radius 2 is 2.10 bits per heavy atom. The Bertz CT molecular complexity index is 572. The van der Waals surface area contributed by atoms with Crippen LogP contribution in [0, 0.1) is 0 Å². The molecular weight excluding hydrogens is 300 g/mol. The van der Waals surface area contributed by atoms with Crippen molar-refractivity contribution in [3.63, 3.8) is 0 Å². The molecule has 1 aromatic rings. The predicted molar refractivity (Wildman–Crippen MR) is 76.5 cm³/mol. The third kappa shape index (κ3) is 2.74. The Kier molecular flexibility index (Phi) is 4.08. The van der Waals surface area contributed by atoms with Gasteiger partial charge in [0.15, 0.2) is 0 Å². The van der Waals surface area contributed by atoms with E-state index in [9.17, 15) is 8.42 Å². The predicted octanol–water partition coefficient (Wildman–Crippen LogP) is 1.97. The van der Waals surface area contributed by atoms with Gasteiger partial charge in [-0.15, -0.1) is 11.6 Å². The third-order valence-electron chi connectivity index (χ3n) is 3.80. The summed E-state index contributed by atoms with van der Waals surface area (Å²) in [5.41, 5.74) is 0.888. The molecule has 0 unspecified atom stereocenters. The summed E-state index contributed by atoms with van der Waals surface area (Å²) in [6.45, 7) is 2.03. The smallest absolute Gasteiger partial charge is 0.244 e. The van der Waals surface area contributed by atoms with Gasteiger partial charge in [-0.05, 0) is 25.3 Å². The van der Waals surface area contributed by atoms with Crippen molar-refractivity contribution in [1.82, 2.24) is 8.87 Å². The minimum Gasteiger partial charge on any atom is -0.380 e. The Morgan fingerprint density at radius 3 is 2.80 bits per heavy atom. The second-order valence-electron chi connectivity index (χ2n) is 5.31. The first-order chi connectivity index (χ1) is 9.63. The molecule has 20 heavy (non-hydrogen) atoms. The molecule has 1 saturated heterocycles. The second kappa shape index (κ2) is 5.67. The van der Waals surface area contributed by atoms with Crippen LogP contribution in [0.3, 0.4) is 0 Å². The van der Waals surface area contributed by atoms with Crippen molar-refractivity contribution in [2.24, 2.45) is 0 Å². The van der Waals surface area contributed by atoms with Gasteiger partial charge in [-0.2, -0.15) is 4.31 Å². The molecule has 0 N–H and O–H groups in total. The molecule has 0 aromatic carbocycles. The Balaban J connectivity index is 1.89. The highest BCUT2D eigenvalue weighted by Crippen LogP contribution is 2.38. The van der Waals surface area contributed by atoms with E-state index in [1.807, 2.05) is 4.57 Å². The van der Waals surface area contributed by atoms with Crippen LogP contribution in [0.4, 0.5) is 0 Å². The van der Waals surface area contributed by atoms with E-state index in [2.05, 4.69) is 0 Å². The lowest BCUT2D eigenvalue weighted by Gasteiger charge is -2.18. The van der Waals surface area contributed by atoms with Crippen LogP contribution < -0.4 is 0 Å².